The van der Waals surface area contributed by atoms with E-state index in [1.165, 1.54) is 0 Å². The molecule has 1 aromatic rings. The summed E-state index contributed by atoms with van der Waals surface area (Å²) >= 11 is 3.40. The van der Waals surface area contributed by atoms with Crippen molar-refractivity contribution in [3.63, 3.8) is 0 Å². The van der Waals surface area contributed by atoms with Crippen LogP contribution in [0, 0.1) is 0 Å². The Balaban J connectivity index is 1.94. The number of anilines is 1. The minimum Gasteiger partial charge on any atom is -0.399 e. The molecule has 2 atom stereocenters. The lowest BCUT2D eigenvalue weighted by Gasteiger charge is -2.09. The quantitative estimate of drug-likeness (QED) is 0.869. The van der Waals surface area contributed by atoms with Crippen molar-refractivity contribution >= 4 is 32.4 Å². The predicted molar refractivity (Wildman–Crippen MR) is 73.4 cm³/mol. The Morgan fingerprint density at radius 2 is 2.35 bits per heavy atom. The minimum atomic E-state index is -0.982. The molecule has 0 saturated carbocycles. The van der Waals surface area contributed by atoms with Gasteiger partial charge in [0.05, 0.1) is 21.8 Å². The van der Waals surface area contributed by atoms with Gasteiger partial charge in [-0.3, -0.25) is 4.21 Å². The molecule has 0 amide bonds. The van der Waals surface area contributed by atoms with E-state index in [4.69, 9.17) is 10.5 Å². The highest BCUT2D eigenvalue weighted by Gasteiger charge is 2.17. The van der Waals surface area contributed by atoms with Gasteiger partial charge in [-0.25, -0.2) is 0 Å². The summed E-state index contributed by atoms with van der Waals surface area (Å²) in [6, 6.07) is 5.40. The first kappa shape index (κ1) is 13.1. The number of benzene rings is 1. The van der Waals surface area contributed by atoms with Crippen LogP contribution in [0.2, 0.25) is 0 Å². The summed E-state index contributed by atoms with van der Waals surface area (Å²) in [5, 5.41) is 0. The number of rotatable bonds is 4. The molecule has 2 unspecified atom stereocenters. The molecule has 0 aromatic heterocycles. The standard InChI is InChI=1S/C12H16BrNO2S/c13-11-8-9(14)3-4-12(11)17(15)7-5-10-2-1-6-16-10/h3-4,8,10H,1-2,5-7,14H2. The maximum atomic E-state index is 12.1. The zero-order valence-corrected chi connectivity index (χ0v) is 11.9. The third-order valence-corrected chi connectivity index (χ3v) is 5.22. The molecule has 94 valence electrons. The van der Waals surface area contributed by atoms with Gasteiger partial charge in [0.15, 0.2) is 0 Å². The molecule has 0 radical (unpaired) electrons. The number of hydrogen-bond donors (Lipinski definition) is 1. The molecule has 1 aromatic carbocycles. The van der Waals surface area contributed by atoms with Crippen molar-refractivity contribution in [3.8, 4) is 0 Å². The summed E-state index contributed by atoms with van der Waals surface area (Å²) in [5.41, 5.74) is 6.33. The highest BCUT2D eigenvalue weighted by molar-refractivity contribution is 9.10. The first-order chi connectivity index (χ1) is 8.16. The Morgan fingerprint density at radius 1 is 1.53 bits per heavy atom. The van der Waals surface area contributed by atoms with E-state index in [0.717, 1.165) is 35.2 Å². The van der Waals surface area contributed by atoms with Crippen molar-refractivity contribution in [2.75, 3.05) is 18.1 Å². The molecule has 1 aliphatic heterocycles. The topological polar surface area (TPSA) is 52.3 Å². The number of hydrogen-bond acceptors (Lipinski definition) is 3. The summed E-state index contributed by atoms with van der Waals surface area (Å²) in [5.74, 6) is 0.646. The lowest BCUT2D eigenvalue weighted by Crippen LogP contribution is -2.10. The van der Waals surface area contributed by atoms with Gasteiger partial charge in [-0.15, -0.1) is 0 Å². The van der Waals surface area contributed by atoms with Gasteiger partial charge in [-0.05, 0) is 53.4 Å². The first-order valence-corrected chi connectivity index (χ1v) is 7.83. The fourth-order valence-corrected chi connectivity index (χ4v) is 4.05. The summed E-state index contributed by atoms with van der Waals surface area (Å²) < 4.78 is 18.5. The molecule has 5 heteroatoms. The molecular weight excluding hydrogens is 302 g/mol. The average Bonchev–Trinajstić information content (AvgIpc) is 2.78. The monoisotopic (exact) mass is 317 g/mol. The number of nitrogen functional groups attached to an aromatic ring is 1. The second kappa shape index (κ2) is 5.98. The van der Waals surface area contributed by atoms with Gasteiger partial charge >= 0.3 is 0 Å². The largest absolute Gasteiger partial charge is 0.399 e. The van der Waals surface area contributed by atoms with Gasteiger partial charge in [-0.2, -0.15) is 0 Å². The molecule has 0 bridgehead atoms. The van der Waals surface area contributed by atoms with Gasteiger partial charge in [0, 0.05) is 22.5 Å². The summed E-state index contributed by atoms with van der Waals surface area (Å²) in [6.07, 6.45) is 3.39. The van der Waals surface area contributed by atoms with Crippen molar-refractivity contribution < 1.29 is 8.95 Å². The van der Waals surface area contributed by atoms with E-state index in [2.05, 4.69) is 15.9 Å². The highest BCUT2D eigenvalue weighted by Crippen LogP contribution is 2.24. The highest BCUT2D eigenvalue weighted by atomic mass is 79.9. The van der Waals surface area contributed by atoms with Gasteiger partial charge in [0.25, 0.3) is 0 Å². The predicted octanol–water partition coefficient (Wildman–Crippen LogP) is 2.71. The lowest BCUT2D eigenvalue weighted by molar-refractivity contribution is 0.109. The maximum absolute atomic E-state index is 12.1. The fraction of sp³-hybridized carbons (Fsp3) is 0.500. The van der Waals surface area contributed by atoms with Crippen LogP contribution < -0.4 is 5.73 Å². The van der Waals surface area contributed by atoms with Gasteiger partial charge in [0.2, 0.25) is 0 Å². The van der Waals surface area contributed by atoms with Crippen LogP contribution in [0.1, 0.15) is 19.3 Å². The Bertz CT molecular complexity index is 419. The number of halogens is 1. The lowest BCUT2D eigenvalue weighted by atomic mass is 10.2. The molecule has 1 heterocycles. The second-order valence-corrected chi connectivity index (χ2v) is 6.56. The molecule has 1 aliphatic rings. The second-order valence-electron chi connectivity index (χ2n) is 4.16. The molecule has 2 rings (SSSR count). The third kappa shape index (κ3) is 3.53. The average molecular weight is 318 g/mol. The van der Waals surface area contributed by atoms with Crippen LogP contribution >= 0.6 is 15.9 Å². The maximum Gasteiger partial charge on any atom is 0.0584 e. The van der Waals surface area contributed by atoms with E-state index in [-0.39, 0.29) is 0 Å². The molecule has 2 N–H and O–H groups in total. The van der Waals surface area contributed by atoms with Crippen LogP contribution in [0.15, 0.2) is 27.6 Å². The Morgan fingerprint density at radius 3 is 3.00 bits per heavy atom. The van der Waals surface area contributed by atoms with E-state index < -0.39 is 10.8 Å². The zero-order valence-electron chi connectivity index (χ0n) is 9.52. The smallest absolute Gasteiger partial charge is 0.0584 e. The zero-order chi connectivity index (χ0) is 12.3. The third-order valence-electron chi connectivity index (χ3n) is 2.85. The van der Waals surface area contributed by atoms with Crippen LogP contribution in [0.3, 0.4) is 0 Å². The molecule has 1 saturated heterocycles. The van der Waals surface area contributed by atoms with Crippen LogP contribution in [0.25, 0.3) is 0 Å². The van der Waals surface area contributed by atoms with Crippen LogP contribution in [0.5, 0.6) is 0 Å². The Hall–Kier alpha value is -0.390. The molecule has 0 spiro atoms. The van der Waals surface area contributed by atoms with Crippen LogP contribution in [-0.2, 0) is 15.5 Å². The van der Waals surface area contributed by atoms with Crippen molar-refractivity contribution in [1.82, 2.24) is 0 Å². The number of ether oxygens (including phenoxy) is 1. The van der Waals surface area contributed by atoms with Crippen molar-refractivity contribution in [1.29, 1.82) is 0 Å². The van der Waals surface area contributed by atoms with Gasteiger partial charge < -0.3 is 10.5 Å². The fourth-order valence-electron chi connectivity index (χ4n) is 1.92. The first-order valence-electron chi connectivity index (χ1n) is 5.72. The Kier molecular flexibility index (Phi) is 4.59. The molecule has 1 fully saturated rings. The SMILES string of the molecule is Nc1ccc(S(=O)CCC2CCCO2)c(Br)c1. The molecule has 3 nitrogen and oxygen atoms in total. The van der Waals surface area contributed by atoms with E-state index in [1.807, 2.05) is 6.07 Å². The Labute approximate surface area is 112 Å². The van der Waals surface area contributed by atoms with E-state index in [9.17, 15) is 4.21 Å². The molecule has 17 heavy (non-hydrogen) atoms. The van der Waals surface area contributed by atoms with E-state index in [0.29, 0.717) is 17.5 Å². The molecule has 0 aliphatic carbocycles. The van der Waals surface area contributed by atoms with Crippen molar-refractivity contribution in [3.05, 3.63) is 22.7 Å². The molecular formula is C12H16BrNO2S. The summed E-state index contributed by atoms with van der Waals surface area (Å²) in [7, 11) is -0.982. The minimum absolute atomic E-state index is 0.298. The van der Waals surface area contributed by atoms with Crippen molar-refractivity contribution in [2.24, 2.45) is 0 Å². The van der Waals surface area contributed by atoms with Crippen LogP contribution in [0.4, 0.5) is 5.69 Å². The summed E-state index contributed by atoms with van der Waals surface area (Å²) in [4.78, 5) is 0.817. The van der Waals surface area contributed by atoms with E-state index in [1.54, 1.807) is 12.1 Å². The van der Waals surface area contributed by atoms with Gasteiger partial charge in [-0.1, -0.05) is 0 Å². The summed E-state index contributed by atoms with van der Waals surface area (Å²) in [6.45, 7) is 0.850. The van der Waals surface area contributed by atoms with E-state index >= 15 is 0 Å². The normalized spacial score (nSPS) is 21.6. The van der Waals surface area contributed by atoms with Crippen molar-refractivity contribution in [2.45, 2.75) is 30.3 Å². The van der Waals surface area contributed by atoms with Crippen LogP contribution in [-0.4, -0.2) is 22.7 Å². The number of nitrogens with two attached hydrogens (primary N) is 1. The van der Waals surface area contributed by atoms with Gasteiger partial charge in [0.1, 0.15) is 0 Å².